The molecular formula is C116H169N3O26. The summed E-state index contributed by atoms with van der Waals surface area (Å²) in [5.41, 5.74) is -2.25. The van der Waals surface area contributed by atoms with E-state index in [-0.39, 0.29) is 194 Å². The van der Waals surface area contributed by atoms with Gasteiger partial charge < -0.3 is 43.7 Å². The van der Waals surface area contributed by atoms with E-state index < -0.39 is 106 Å². The molecule has 0 aromatic carbocycles. The minimum Gasteiger partial charge on any atom is -0.461 e. The monoisotopic (exact) mass is 2020 g/mol. The largest absolute Gasteiger partial charge is 0.461 e. The molecule has 0 heterocycles. The lowest BCUT2D eigenvalue weighted by molar-refractivity contribution is -0.159. The molecule has 0 amide bonds. The highest BCUT2D eigenvalue weighted by molar-refractivity contribution is 6.41. The van der Waals surface area contributed by atoms with Crippen LogP contribution in [0.25, 0.3) is 0 Å². The van der Waals surface area contributed by atoms with Crippen LogP contribution in [0.2, 0.25) is 0 Å². The van der Waals surface area contributed by atoms with Gasteiger partial charge in [-0.25, -0.2) is 0 Å². The molecule has 0 radical (unpaired) electrons. The molecule has 32 atom stereocenters. The number of hydrogen-bond donors (Lipinski definition) is 3. The van der Waals surface area contributed by atoms with Crippen LogP contribution in [0.15, 0.2) is 111 Å². The molecule has 0 saturated heterocycles. The number of nitroso groups, excluding NO2 is 3. The quantitative estimate of drug-likeness (QED) is 0.0221. The minimum absolute atomic E-state index is 0.0290. The summed E-state index contributed by atoms with van der Waals surface area (Å²) in [4.78, 5) is 206. The standard InChI is InChI=1S/C32H47NO7.C31H45NO7.C27H40O6.C26H37NO6/c1-7-20(4)31(37)40-27-14-19(3)13-23-11-9-21(5)26(30(23)27)12-10-22-15-24(34)17-25(16-22)39-18-29(36)32(6,33-38)28(35)8-2;1-7-19(3)30(36)39-27-13-18(2)12-22-10-8-20(4)25(28(22)27)11-9-21-14-23(33)16-24(15-21)38-17-26(34)29(35)31(5,6)32-37;1-5-24(30)27(4,32)25(31)15-33-23-11-16(2)10-19-8-6-17(3)22(26(19)23)9-7-18-12-20(28)14-21(29)13-18;1-15-9-18-7-5-16(2)21(8-6-17-11-19(28)13-20(29)12-17)24(18)23(10-15)33-14-22(30)25(31)26(3,4)27-32/h9,11,13,19-22,25-27,30H,7-8,10,12,14-18H2,1-6H3;8,10,12,18-21,24-25,27-28H,7,9,11,13-17H2,1-6H3;6,8,10,16-18,20,22-23,26,28,32H,5,7,9,11-15H2,1-4H3;5,7,9,15-17,19,21,23-24,28H,6,8,10-14H2,1-4H3/t19?,20?,21?,22?,25?,26-,27?,30?,32?;18?,19?,20?,21?,24?,25-,27?,28?;16-,17-,18?,20+,22-,23-,26-,27?;15?,16?,17?,19?,21-,23?,24?/m0000/s1. The van der Waals surface area contributed by atoms with Crippen molar-refractivity contribution in [2.75, 3.05) is 26.4 Å². The summed E-state index contributed by atoms with van der Waals surface area (Å²) in [5.74, 6) is -0.740. The van der Waals surface area contributed by atoms with Gasteiger partial charge in [0.25, 0.3) is 0 Å². The SMILES string of the molecule is CC1C=C2C=CC(C)[C@H](CCC3CC(=O)CC(O)C3)C2C(OCC(=O)C(=O)C(C)(C)N=O)C1.CCC(=O)C(C)(N=O)C(=O)COC1CC(=O)CC(CC[C@H]2C(C)C=CC3=CC(C)CC(OC(=O)C(C)CC)C32)C1.CCC(=O)C(C)(O)C(=O)CO[C@H]1C[C@@H](C)C=C2C=C[C@H](C)[C@H](CCC3CC(=O)C[C@H](O)C3)[C@H]21.CCC(C)C(=O)OC1CC(C)C=C2C=CC(C)[C@H](CCC3CC(=O)CC(OCC(=O)C(=O)C(C)(C)N=O)C3)C21. The highest BCUT2D eigenvalue weighted by Crippen LogP contribution is 2.52. The Labute approximate surface area is 859 Å². The maximum Gasteiger partial charge on any atom is 0.308 e. The molecule has 0 aliphatic heterocycles. The Morgan fingerprint density at radius 1 is 0.359 bits per heavy atom. The Bertz CT molecular complexity index is 4880. The second-order valence-electron chi connectivity index (χ2n) is 46.5. The van der Waals surface area contributed by atoms with Crippen LogP contribution < -0.4 is 0 Å². The van der Waals surface area contributed by atoms with Crippen LogP contribution in [0.4, 0.5) is 0 Å². The first-order valence-electron chi connectivity index (χ1n) is 54.3. The van der Waals surface area contributed by atoms with Crippen molar-refractivity contribution < 1.29 is 111 Å². The third-order valence-electron chi connectivity index (χ3n) is 33.7. The number of hydrogen-bond acceptors (Lipinski definition) is 29. The molecule has 3 N–H and O–H groups in total. The number of carbonyl (C=O) groups excluding carboxylic acids is 14. The van der Waals surface area contributed by atoms with Crippen LogP contribution in [0, 0.1) is 145 Å². The summed E-state index contributed by atoms with van der Waals surface area (Å²) in [7, 11) is 0. The van der Waals surface area contributed by atoms with Crippen LogP contribution in [-0.2, 0) is 95.5 Å². The van der Waals surface area contributed by atoms with E-state index in [4.69, 9.17) is 28.4 Å². The molecule has 0 spiro atoms. The van der Waals surface area contributed by atoms with Gasteiger partial charge in [-0.05, 0) is 279 Å². The van der Waals surface area contributed by atoms with E-state index in [9.17, 15) is 97.2 Å². The van der Waals surface area contributed by atoms with E-state index >= 15 is 0 Å². The van der Waals surface area contributed by atoms with Crippen molar-refractivity contribution in [3.05, 3.63) is 110 Å². The fourth-order valence-electron chi connectivity index (χ4n) is 24.6. The van der Waals surface area contributed by atoms with Crippen molar-refractivity contribution in [1.29, 1.82) is 0 Å². The van der Waals surface area contributed by atoms with Crippen LogP contribution in [-0.4, -0.2) is 194 Å². The topological polar surface area (TPSA) is 443 Å². The van der Waals surface area contributed by atoms with Gasteiger partial charge in [-0.1, -0.05) is 180 Å². The van der Waals surface area contributed by atoms with Gasteiger partial charge in [-0.2, -0.15) is 0 Å². The van der Waals surface area contributed by atoms with Gasteiger partial charge in [0.1, 0.15) is 61.8 Å². The van der Waals surface area contributed by atoms with Crippen LogP contribution >= 0.6 is 0 Å². The second-order valence-corrected chi connectivity index (χ2v) is 46.5. The lowest BCUT2D eigenvalue weighted by Gasteiger charge is -2.44. The Morgan fingerprint density at radius 3 is 0.959 bits per heavy atom. The zero-order valence-corrected chi connectivity index (χ0v) is 89.9. The van der Waals surface area contributed by atoms with Gasteiger partial charge in [0.05, 0.1) is 48.5 Å². The maximum absolute atomic E-state index is 12.8. The number of allylic oxidation sites excluding steroid dienone is 12. The van der Waals surface area contributed by atoms with E-state index in [0.717, 1.165) is 89.9 Å². The molecule has 12 aliphatic rings. The van der Waals surface area contributed by atoms with Gasteiger partial charge in [0.15, 0.2) is 39.8 Å². The molecule has 23 unspecified atom stereocenters. The number of ketones is 12. The number of nitrogens with zero attached hydrogens (tertiary/aromatic N) is 3. The molecule has 4 fully saturated rings. The molecule has 12 rings (SSSR count). The summed E-state index contributed by atoms with van der Waals surface area (Å²) in [6.45, 7) is 34.6. The number of Topliss-reactive ketones (excluding diaryl/α,β-unsaturated/α-hetero) is 12. The van der Waals surface area contributed by atoms with Crippen molar-refractivity contribution >= 4 is 81.3 Å². The third-order valence-corrected chi connectivity index (χ3v) is 33.7. The fraction of sp³-hybridized carbons (Fsp3) is 0.741. The van der Waals surface area contributed by atoms with Gasteiger partial charge >= 0.3 is 11.9 Å². The van der Waals surface area contributed by atoms with Crippen LogP contribution in [0.5, 0.6) is 0 Å². The molecule has 804 valence electrons. The predicted octanol–water partition coefficient (Wildman–Crippen LogP) is 19.1. The summed E-state index contributed by atoms with van der Waals surface area (Å²) >= 11 is 0. The van der Waals surface area contributed by atoms with Gasteiger partial charge in [0, 0.05) is 87.9 Å². The smallest absolute Gasteiger partial charge is 0.308 e. The Hall–Kier alpha value is -8.58. The van der Waals surface area contributed by atoms with Crippen molar-refractivity contribution in [2.24, 2.45) is 146 Å². The first-order valence-corrected chi connectivity index (χ1v) is 54.3. The Morgan fingerprint density at radius 2 is 0.648 bits per heavy atom. The van der Waals surface area contributed by atoms with E-state index in [1.165, 1.54) is 63.8 Å². The molecule has 29 heteroatoms. The first-order chi connectivity index (χ1) is 68.3. The van der Waals surface area contributed by atoms with Crippen molar-refractivity contribution in [3.8, 4) is 0 Å². The third kappa shape index (κ3) is 32.5. The fourth-order valence-corrected chi connectivity index (χ4v) is 24.6. The van der Waals surface area contributed by atoms with Crippen molar-refractivity contribution in [3.63, 3.8) is 0 Å². The summed E-state index contributed by atoms with van der Waals surface area (Å²) in [5, 5.41) is 38.7. The summed E-state index contributed by atoms with van der Waals surface area (Å²) in [6, 6.07) is 0. The lowest BCUT2D eigenvalue weighted by atomic mass is 9.64. The summed E-state index contributed by atoms with van der Waals surface area (Å²) < 4.78 is 35.9. The Balaban J connectivity index is 0.000000216. The molecular weight excluding hydrogens is 1850 g/mol. The van der Waals surface area contributed by atoms with E-state index in [1.54, 1.807) is 13.8 Å². The molecule has 145 heavy (non-hydrogen) atoms. The number of aliphatic hydroxyl groups excluding tert-OH is 2. The number of aliphatic hydroxyl groups is 3. The highest BCUT2D eigenvalue weighted by Gasteiger charge is 2.51. The molecule has 0 bridgehead atoms. The van der Waals surface area contributed by atoms with Crippen molar-refractivity contribution in [2.45, 2.75) is 389 Å². The maximum atomic E-state index is 12.8. The van der Waals surface area contributed by atoms with Gasteiger partial charge in [0.2, 0.25) is 28.7 Å². The first kappa shape index (κ1) is 120. The van der Waals surface area contributed by atoms with E-state index in [0.29, 0.717) is 98.7 Å². The number of ether oxygens (including phenoxy) is 6. The summed E-state index contributed by atoms with van der Waals surface area (Å²) in [6.07, 6.45) is 41.7. The van der Waals surface area contributed by atoms with Crippen LogP contribution in [0.3, 0.4) is 0 Å². The number of esters is 2. The van der Waals surface area contributed by atoms with E-state index in [1.807, 2.05) is 27.7 Å². The van der Waals surface area contributed by atoms with E-state index in [2.05, 4.69) is 144 Å². The number of rotatable bonds is 43. The van der Waals surface area contributed by atoms with Crippen molar-refractivity contribution in [1.82, 2.24) is 0 Å². The van der Waals surface area contributed by atoms with Gasteiger partial charge in [-0.3, -0.25) is 67.1 Å². The lowest BCUT2D eigenvalue weighted by Crippen LogP contribution is -2.47. The zero-order chi connectivity index (χ0) is 107. The number of carbonyl (C=O) groups is 14. The zero-order valence-electron chi connectivity index (χ0n) is 89.9. The molecule has 0 aromatic rings. The highest BCUT2D eigenvalue weighted by atomic mass is 16.6. The molecule has 29 nitrogen and oxygen atoms in total. The Kier molecular flexibility index (Phi) is 44.9. The molecule has 12 aliphatic carbocycles. The second kappa shape index (κ2) is 54.2. The predicted molar refractivity (Wildman–Crippen MR) is 550 cm³/mol. The van der Waals surface area contributed by atoms with Crippen LogP contribution in [0.1, 0.15) is 318 Å². The average molecular weight is 2020 g/mol. The average Bonchev–Trinajstić information content (AvgIpc) is 0.786. The molecule has 0 aromatic heterocycles. The normalized spacial score (nSPS) is 33.4. The van der Waals surface area contributed by atoms with Gasteiger partial charge in [-0.15, -0.1) is 14.7 Å². The molecule has 4 saturated carbocycles. The number of fused-ring (bicyclic) bond motifs is 4. The minimum atomic E-state index is -2.01.